The molecule has 1 aromatic rings. The van der Waals surface area contributed by atoms with Gasteiger partial charge in [-0.25, -0.2) is 0 Å². The maximum absolute atomic E-state index is 3.90. The molecule has 0 saturated heterocycles. The molecule has 0 nitrogen and oxygen atoms in total. The van der Waals surface area contributed by atoms with Crippen LogP contribution in [0.1, 0.15) is 5.56 Å². The molecule has 0 fully saturated rings. The summed E-state index contributed by atoms with van der Waals surface area (Å²) in [6.07, 6.45) is 3.97. The fraction of sp³-hybridized carbons (Fsp3) is 0.0769. The van der Waals surface area contributed by atoms with E-state index in [0.717, 1.165) is 0 Å². The topological polar surface area (TPSA) is 0 Å². The van der Waals surface area contributed by atoms with Gasteiger partial charge in [0, 0.05) is 0 Å². The zero-order valence-corrected chi connectivity index (χ0v) is 9.61. The van der Waals surface area contributed by atoms with E-state index in [0.29, 0.717) is 0 Å². The Labute approximate surface area is 86.9 Å². The van der Waals surface area contributed by atoms with Gasteiger partial charge in [-0.2, -0.15) is 0 Å². The van der Waals surface area contributed by atoms with Crippen LogP contribution >= 0.6 is 0 Å². The third-order valence-electron chi connectivity index (χ3n) is 2.92. The summed E-state index contributed by atoms with van der Waals surface area (Å²) in [5.41, 5.74) is 2.67. The molecule has 70 valence electrons. The summed E-state index contributed by atoms with van der Waals surface area (Å²) in [6.45, 7) is 10.1. The van der Waals surface area contributed by atoms with E-state index in [1.165, 1.54) is 21.5 Å². The summed E-state index contributed by atoms with van der Waals surface area (Å²) >= 11 is 0. The van der Waals surface area contributed by atoms with Crippen LogP contribution in [-0.4, -0.2) is 8.80 Å². The SMILES string of the molecule is C=CC1=C(C=C)[SiH](C)c2ccccc21. The normalized spacial score (nSPS) is 19.4. The maximum atomic E-state index is 3.90. The van der Waals surface area contributed by atoms with Crippen molar-refractivity contribution in [3.05, 3.63) is 60.3 Å². The third-order valence-corrected chi connectivity index (χ3v) is 5.84. The molecule has 1 atom stereocenters. The Morgan fingerprint density at radius 2 is 1.86 bits per heavy atom. The molecule has 0 N–H and O–H groups in total. The van der Waals surface area contributed by atoms with Crippen molar-refractivity contribution in [2.75, 3.05) is 0 Å². The second kappa shape index (κ2) is 3.43. The van der Waals surface area contributed by atoms with Crippen molar-refractivity contribution in [2.45, 2.75) is 6.55 Å². The van der Waals surface area contributed by atoms with Crippen molar-refractivity contribution >= 4 is 19.6 Å². The van der Waals surface area contributed by atoms with E-state index in [2.05, 4.69) is 44.0 Å². The average Bonchev–Trinajstić information content (AvgIpc) is 2.51. The Morgan fingerprint density at radius 3 is 2.50 bits per heavy atom. The van der Waals surface area contributed by atoms with Crippen molar-refractivity contribution in [1.29, 1.82) is 0 Å². The zero-order valence-electron chi connectivity index (χ0n) is 8.46. The lowest BCUT2D eigenvalue weighted by Crippen LogP contribution is -2.25. The first-order chi connectivity index (χ1) is 6.79. The van der Waals surface area contributed by atoms with Crippen molar-refractivity contribution in [3.8, 4) is 0 Å². The maximum Gasteiger partial charge on any atom is 0.101 e. The highest BCUT2D eigenvalue weighted by Crippen LogP contribution is 2.27. The minimum atomic E-state index is -0.947. The van der Waals surface area contributed by atoms with Gasteiger partial charge in [0.2, 0.25) is 0 Å². The molecule has 1 aliphatic heterocycles. The standard InChI is InChI=1S/C13H14Si/c1-4-10-11-8-6-7-9-13(11)14(3)12(10)5-2/h4-9,14H,1-2H2,3H3. The Bertz CT molecular complexity index is 427. The molecule has 1 heteroatoms. The molecule has 0 amide bonds. The van der Waals surface area contributed by atoms with Crippen LogP contribution in [0.3, 0.4) is 0 Å². The predicted molar refractivity (Wildman–Crippen MR) is 66.4 cm³/mol. The summed E-state index contributed by atoms with van der Waals surface area (Å²) < 4.78 is 0. The zero-order chi connectivity index (χ0) is 10.1. The Balaban J connectivity index is 2.68. The molecule has 2 rings (SSSR count). The molecular formula is C13H14Si. The number of allylic oxidation sites excluding steroid dienone is 4. The number of rotatable bonds is 2. The van der Waals surface area contributed by atoms with E-state index < -0.39 is 8.80 Å². The highest BCUT2D eigenvalue weighted by molar-refractivity contribution is 6.83. The van der Waals surface area contributed by atoms with Crippen LogP contribution in [0.15, 0.2) is 54.8 Å². The fourth-order valence-corrected chi connectivity index (χ4v) is 4.74. The van der Waals surface area contributed by atoms with Crippen LogP contribution in [0, 0.1) is 0 Å². The second-order valence-electron chi connectivity index (χ2n) is 3.59. The molecule has 0 aromatic heterocycles. The Kier molecular flexibility index (Phi) is 2.26. The van der Waals surface area contributed by atoms with Gasteiger partial charge in [-0.15, -0.1) is 0 Å². The monoisotopic (exact) mass is 198 g/mol. The van der Waals surface area contributed by atoms with Gasteiger partial charge in [0.1, 0.15) is 8.80 Å². The molecule has 0 bridgehead atoms. The summed E-state index contributed by atoms with van der Waals surface area (Å²) in [7, 11) is -0.947. The number of hydrogen-bond acceptors (Lipinski definition) is 0. The fourth-order valence-electron chi connectivity index (χ4n) is 2.19. The van der Waals surface area contributed by atoms with Crippen LogP contribution < -0.4 is 5.19 Å². The first kappa shape index (κ1) is 9.22. The van der Waals surface area contributed by atoms with E-state index >= 15 is 0 Å². The van der Waals surface area contributed by atoms with Crippen LogP contribution in [-0.2, 0) is 0 Å². The lowest BCUT2D eigenvalue weighted by molar-refractivity contribution is 1.69. The van der Waals surface area contributed by atoms with Gasteiger partial charge in [0.15, 0.2) is 0 Å². The van der Waals surface area contributed by atoms with Crippen molar-refractivity contribution in [2.24, 2.45) is 0 Å². The van der Waals surface area contributed by atoms with Crippen LogP contribution in [0.25, 0.3) is 5.57 Å². The van der Waals surface area contributed by atoms with Crippen LogP contribution in [0.5, 0.6) is 0 Å². The lowest BCUT2D eigenvalue weighted by Gasteiger charge is -2.04. The lowest BCUT2D eigenvalue weighted by atomic mass is 10.1. The van der Waals surface area contributed by atoms with Crippen LogP contribution in [0.2, 0.25) is 6.55 Å². The van der Waals surface area contributed by atoms with Crippen molar-refractivity contribution in [1.82, 2.24) is 0 Å². The minimum absolute atomic E-state index is 0.947. The van der Waals surface area contributed by atoms with E-state index in [-0.39, 0.29) is 0 Å². The van der Waals surface area contributed by atoms with Gasteiger partial charge in [-0.1, -0.05) is 66.5 Å². The first-order valence-corrected chi connectivity index (χ1v) is 7.19. The van der Waals surface area contributed by atoms with Crippen LogP contribution in [0.4, 0.5) is 0 Å². The molecule has 1 unspecified atom stereocenters. The largest absolute Gasteiger partial charge is 0.101 e. The molecular weight excluding hydrogens is 184 g/mol. The molecule has 0 saturated carbocycles. The first-order valence-electron chi connectivity index (χ1n) is 4.88. The van der Waals surface area contributed by atoms with E-state index in [1.807, 2.05) is 12.2 Å². The second-order valence-corrected chi connectivity index (χ2v) is 6.27. The van der Waals surface area contributed by atoms with Gasteiger partial charge >= 0.3 is 0 Å². The number of fused-ring (bicyclic) bond motifs is 1. The average molecular weight is 198 g/mol. The molecule has 0 aliphatic carbocycles. The highest BCUT2D eigenvalue weighted by Gasteiger charge is 2.24. The summed E-state index contributed by atoms with van der Waals surface area (Å²) in [6, 6.07) is 8.64. The van der Waals surface area contributed by atoms with Crippen molar-refractivity contribution in [3.63, 3.8) is 0 Å². The van der Waals surface area contributed by atoms with E-state index in [1.54, 1.807) is 0 Å². The molecule has 14 heavy (non-hydrogen) atoms. The van der Waals surface area contributed by atoms with Gasteiger partial charge < -0.3 is 0 Å². The summed E-state index contributed by atoms with van der Waals surface area (Å²) in [5.74, 6) is 0. The molecule has 1 heterocycles. The van der Waals surface area contributed by atoms with Gasteiger partial charge in [-0.05, 0) is 11.1 Å². The predicted octanol–water partition coefficient (Wildman–Crippen LogP) is 2.43. The highest BCUT2D eigenvalue weighted by atomic mass is 28.3. The number of hydrogen-bond donors (Lipinski definition) is 0. The number of benzene rings is 1. The minimum Gasteiger partial charge on any atom is -0.0992 e. The van der Waals surface area contributed by atoms with Crippen molar-refractivity contribution < 1.29 is 0 Å². The third kappa shape index (κ3) is 1.13. The van der Waals surface area contributed by atoms with E-state index in [9.17, 15) is 0 Å². The van der Waals surface area contributed by atoms with Gasteiger partial charge in [-0.3, -0.25) is 0 Å². The van der Waals surface area contributed by atoms with Gasteiger partial charge in [0.05, 0.1) is 0 Å². The molecule has 0 spiro atoms. The summed E-state index contributed by atoms with van der Waals surface area (Å²) in [5, 5.41) is 2.96. The molecule has 1 aliphatic rings. The molecule has 1 aromatic carbocycles. The Morgan fingerprint density at radius 1 is 1.14 bits per heavy atom. The van der Waals surface area contributed by atoms with E-state index in [4.69, 9.17) is 0 Å². The smallest absolute Gasteiger partial charge is 0.0992 e. The molecule has 0 radical (unpaired) electrons. The summed E-state index contributed by atoms with van der Waals surface area (Å²) in [4.78, 5) is 0. The van der Waals surface area contributed by atoms with Gasteiger partial charge in [0.25, 0.3) is 0 Å². The quantitative estimate of drug-likeness (QED) is 0.640. The Hall–Kier alpha value is -1.34.